The highest BCUT2D eigenvalue weighted by molar-refractivity contribution is 4.90. The van der Waals surface area contributed by atoms with Gasteiger partial charge in [0.2, 0.25) is 0 Å². The van der Waals surface area contributed by atoms with Gasteiger partial charge in [-0.2, -0.15) is 0 Å². The number of hydrogen-bond donors (Lipinski definition) is 1. The van der Waals surface area contributed by atoms with Crippen LogP contribution in [0.1, 0.15) is 58.2 Å². The molecule has 0 spiro atoms. The number of aromatic nitrogens is 2. The number of unbranched alkanes of at least 4 members (excludes halogenated alkanes) is 4. The van der Waals surface area contributed by atoms with E-state index in [4.69, 9.17) is 0 Å². The molecule has 0 aliphatic rings. The van der Waals surface area contributed by atoms with E-state index < -0.39 is 0 Å². The molecule has 0 aliphatic carbocycles. The van der Waals surface area contributed by atoms with Crippen molar-refractivity contribution in [1.29, 1.82) is 0 Å². The van der Waals surface area contributed by atoms with Crippen molar-refractivity contribution in [2.75, 3.05) is 0 Å². The maximum atomic E-state index is 4.31. The van der Waals surface area contributed by atoms with Gasteiger partial charge in [0.15, 0.2) is 0 Å². The molecule has 1 heterocycles. The van der Waals surface area contributed by atoms with Gasteiger partial charge in [-0.25, -0.2) is 4.98 Å². The van der Waals surface area contributed by atoms with Gasteiger partial charge in [0, 0.05) is 25.5 Å². The minimum atomic E-state index is 0.591. The summed E-state index contributed by atoms with van der Waals surface area (Å²) < 4.78 is 2.07. The van der Waals surface area contributed by atoms with Crippen LogP contribution in [-0.4, -0.2) is 15.6 Å². The highest BCUT2D eigenvalue weighted by Gasteiger charge is 2.03. The molecule has 0 radical (unpaired) electrons. The molecule has 1 unspecified atom stereocenters. The van der Waals surface area contributed by atoms with Crippen molar-refractivity contribution in [3.8, 4) is 0 Å². The number of rotatable bonds is 9. The van der Waals surface area contributed by atoms with Gasteiger partial charge >= 0.3 is 0 Å². The third-order valence-corrected chi connectivity index (χ3v) is 3.27. The Kier molecular flexibility index (Phi) is 6.94. The van der Waals surface area contributed by atoms with Crippen molar-refractivity contribution in [3.05, 3.63) is 18.2 Å². The fourth-order valence-corrected chi connectivity index (χ4v) is 1.99. The molecule has 3 heteroatoms. The lowest BCUT2D eigenvalue weighted by Gasteiger charge is -2.13. The van der Waals surface area contributed by atoms with Crippen LogP contribution in [0, 0.1) is 0 Å². The van der Waals surface area contributed by atoms with E-state index in [1.807, 2.05) is 19.4 Å². The molecule has 1 N–H and O–H groups in total. The van der Waals surface area contributed by atoms with Crippen LogP contribution in [0.25, 0.3) is 0 Å². The Morgan fingerprint density at radius 1 is 1.29 bits per heavy atom. The molecule has 0 amide bonds. The van der Waals surface area contributed by atoms with Crippen molar-refractivity contribution >= 4 is 0 Å². The van der Waals surface area contributed by atoms with E-state index in [0.29, 0.717) is 6.04 Å². The lowest BCUT2D eigenvalue weighted by atomic mass is 10.1. The highest BCUT2D eigenvalue weighted by atomic mass is 15.1. The second kappa shape index (κ2) is 8.29. The molecule has 98 valence electrons. The van der Waals surface area contributed by atoms with Gasteiger partial charge in [0.25, 0.3) is 0 Å². The van der Waals surface area contributed by atoms with E-state index in [9.17, 15) is 0 Å². The molecule has 1 aromatic rings. The van der Waals surface area contributed by atoms with E-state index in [0.717, 1.165) is 12.4 Å². The lowest BCUT2D eigenvalue weighted by Crippen LogP contribution is -2.26. The first-order valence-corrected chi connectivity index (χ1v) is 6.93. The molecule has 3 nitrogen and oxygen atoms in total. The second-order valence-corrected chi connectivity index (χ2v) is 4.94. The van der Waals surface area contributed by atoms with Crippen LogP contribution < -0.4 is 5.32 Å². The minimum Gasteiger partial charge on any atom is -0.337 e. The average molecular weight is 237 g/mol. The molecule has 0 bridgehead atoms. The Bertz CT molecular complexity index is 293. The fraction of sp³-hybridized carbons (Fsp3) is 0.786. The largest absolute Gasteiger partial charge is 0.337 e. The number of nitrogens with one attached hydrogen (secondary N) is 1. The SMILES string of the molecule is CCCCCCCC(C)NCc1nccn1C. The summed E-state index contributed by atoms with van der Waals surface area (Å²) in [6, 6.07) is 0.591. The monoisotopic (exact) mass is 237 g/mol. The zero-order valence-corrected chi connectivity index (χ0v) is 11.6. The van der Waals surface area contributed by atoms with Crippen LogP contribution >= 0.6 is 0 Å². The Balaban J connectivity index is 2.05. The first-order valence-electron chi connectivity index (χ1n) is 6.93. The summed E-state index contributed by atoms with van der Waals surface area (Å²) in [5, 5.41) is 3.53. The summed E-state index contributed by atoms with van der Waals surface area (Å²) in [7, 11) is 2.04. The molecule has 17 heavy (non-hydrogen) atoms. The van der Waals surface area contributed by atoms with Gasteiger partial charge in [0.1, 0.15) is 5.82 Å². The van der Waals surface area contributed by atoms with Crippen molar-refractivity contribution in [2.45, 2.75) is 65.0 Å². The standard InChI is InChI=1S/C14H27N3/c1-4-5-6-7-8-9-13(2)16-12-14-15-10-11-17(14)3/h10-11,13,16H,4-9,12H2,1-3H3. The Morgan fingerprint density at radius 3 is 2.71 bits per heavy atom. The summed E-state index contributed by atoms with van der Waals surface area (Å²) in [5.74, 6) is 1.11. The van der Waals surface area contributed by atoms with Crippen molar-refractivity contribution in [3.63, 3.8) is 0 Å². The predicted molar refractivity (Wildman–Crippen MR) is 72.9 cm³/mol. The van der Waals surface area contributed by atoms with E-state index in [-0.39, 0.29) is 0 Å². The lowest BCUT2D eigenvalue weighted by molar-refractivity contribution is 0.470. The molecule has 1 rings (SSSR count). The van der Waals surface area contributed by atoms with Gasteiger partial charge in [-0.05, 0) is 13.3 Å². The number of hydrogen-bond acceptors (Lipinski definition) is 2. The van der Waals surface area contributed by atoms with Gasteiger partial charge in [-0.3, -0.25) is 0 Å². The number of nitrogens with zero attached hydrogens (tertiary/aromatic N) is 2. The maximum absolute atomic E-state index is 4.31. The minimum absolute atomic E-state index is 0.591. The van der Waals surface area contributed by atoms with Crippen molar-refractivity contribution < 1.29 is 0 Å². The second-order valence-electron chi connectivity index (χ2n) is 4.94. The smallest absolute Gasteiger partial charge is 0.122 e. The summed E-state index contributed by atoms with van der Waals surface area (Å²) in [5.41, 5.74) is 0. The zero-order chi connectivity index (χ0) is 12.5. The van der Waals surface area contributed by atoms with Crippen LogP contribution in [0.2, 0.25) is 0 Å². The summed E-state index contributed by atoms with van der Waals surface area (Å²) in [6.07, 6.45) is 11.9. The van der Waals surface area contributed by atoms with Gasteiger partial charge in [-0.1, -0.05) is 39.0 Å². The molecule has 1 atom stereocenters. The zero-order valence-electron chi connectivity index (χ0n) is 11.6. The third-order valence-electron chi connectivity index (χ3n) is 3.27. The van der Waals surface area contributed by atoms with Crippen LogP contribution in [0.3, 0.4) is 0 Å². The summed E-state index contributed by atoms with van der Waals surface area (Å²) in [4.78, 5) is 4.31. The van der Waals surface area contributed by atoms with Crippen LogP contribution in [0.5, 0.6) is 0 Å². The molecule has 0 aliphatic heterocycles. The quantitative estimate of drug-likeness (QED) is 0.668. The average Bonchev–Trinajstić information content (AvgIpc) is 2.72. The first kappa shape index (κ1) is 14.2. The molecular formula is C14H27N3. The van der Waals surface area contributed by atoms with E-state index in [1.165, 1.54) is 38.5 Å². The Morgan fingerprint density at radius 2 is 2.06 bits per heavy atom. The van der Waals surface area contributed by atoms with Crippen molar-refractivity contribution in [2.24, 2.45) is 7.05 Å². The molecule has 0 aromatic carbocycles. The van der Waals surface area contributed by atoms with Crippen molar-refractivity contribution in [1.82, 2.24) is 14.9 Å². The number of aryl methyl sites for hydroxylation is 1. The predicted octanol–water partition coefficient (Wildman–Crippen LogP) is 3.26. The number of imidazole rings is 1. The van der Waals surface area contributed by atoms with E-state index >= 15 is 0 Å². The summed E-state index contributed by atoms with van der Waals surface area (Å²) >= 11 is 0. The maximum Gasteiger partial charge on any atom is 0.122 e. The van der Waals surface area contributed by atoms with Crippen LogP contribution in [0.15, 0.2) is 12.4 Å². The first-order chi connectivity index (χ1) is 8.24. The Labute approximate surface area is 106 Å². The fourth-order valence-electron chi connectivity index (χ4n) is 1.99. The van der Waals surface area contributed by atoms with E-state index in [1.54, 1.807) is 0 Å². The topological polar surface area (TPSA) is 29.9 Å². The molecule has 0 saturated carbocycles. The Hall–Kier alpha value is -0.830. The molecular weight excluding hydrogens is 210 g/mol. The molecule has 1 aromatic heterocycles. The van der Waals surface area contributed by atoms with Gasteiger partial charge in [0.05, 0.1) is 6.54 Å². The van der Waals surface area contributed by atoms with Gasteiger partial charge < -0.3 is 9.88 Å². The van der Waals surface area contributed by atoms with Gasteiger partial charge in [-0.15, -0.1) is 0 Å². The third kappa shape index (κ3) is 5.87. The van der Waals surface area contributed by atoms with E-state index in [2.05, 4.69) is 28.7 Å². The normalized spacial score (nSPS) is 12.9. The highest BCUT2D eigenvalue weighted by Crippen LogP contribution is 2.07. The molecule has 0 fully saturated rings. The molecule has 0 saturated heterocycles. The summed E-state index contributed by atoms with van der Waals surface area (Å²) in [6.45, 7) is 5.40. The van der Waals surface area contributed by atoms with Crippen LogP contribution in [-0.2, 0) is 13.6 Å². The van der Waals surface area contributed by atoms with Crippen LogP contribution in [0.4, 0.5) is 0 Å².